The van der Waals surface area contributed by atoms with E-state index in [9.17, 15) is 88.2 Å². The molecule has 1 aliphatic rings. The minimum absolute atomic E-state index is 0.0438. The van der Waals surface area contributed by atoms with Crippen LogP contribution in [-0.2, 0) is 81.6 Å². The van der Waals surface area contributed by atoms with Gasteiger partial charge in [-0.1, -0.05) is 80.7 Å². The zero-order chi connectivity index (χ0) is 72.8. The summed E-state index contributed by atoms with van der Waals surface area (Å²) in [5.41, 5.74) is 2.53. The normalized spacial score (nSPS) is 14.9. The highest BCUT2D eigenvalue weighted by Gasteiger charge is 2.30. The molecular weight excluding hydrogens is 1410 g/mol. The topological polar surface area (TPSA) is 454 Å². The number of hydrogen-bond acceptors (Lipinski definition) is 19. The van der Waals surface area contributed by atoms with Crippen LogP contribution in [-0.4, -0.2) is 247 Å². The number of amides is 4. The van der Waals surface area contributed by atoms with Gasteiger partial charge in [-0.15, -0.1) is 0 Å². The van der Waals surface area contributed by atoms with Gasteiger partial charge in [0.1, 0.15) is 23.7 Å². The van der Waals surface area contributed by atoms with Crippen molar-refractivity contribution in [3.05, 3.63) is 68.8 Å². The molecule has 2 aromatic rings. The molecule has 0 spiro atoms. The summed E-state index contributed by atoms with van der Waals surface area (Å²) < 4.78 is 1.05. The van der Waals surface area contributed by atoms with Crippen molar-refractivity contribution in [2.75, 3.05) is 91.6 Å². The quantitative estimate of drug-likeness (QED) is 0.0256. The predicted octanol–water partition coefficient (Wildman–Crippen LogP) is 3.57. The first-order valence-corrected chi connectivity index (χ1v) is 34.3. The van der Waals surface area contributed by atoms with Crippen LogP contribution in [0.1, 0.15) is 139 Å². The fourth-order valence-electron chi connectivity index (χ4n) is 10.9. The van der Waals surface area contributed by atoms with Gasteiger partial charge in [0.05, 0.1) is 37.6 Å². The Labute approximate surface area is 588 Å². The average molecular weight is 1510 g/mol. The van der Waals surface area contributed by atoms with E-state index in [-0.39, 0.29) is 160 Å². The number of carbonyl (C=O) groups excluding carboxylic acids is 7. The molecule has 1 aliphatic heterocycles. The van der Waals surface area contributed by atoms with E-state index in [0.717, 1.165) is 39.5 Å². The summed E-state index contributed by atoms with van der Waals surface area (Å²) in [6, 6.07) is 11.2. The zero-order valence-corrected chi connectivity index (χ0v) is 58.3. The highest BCUT2D eigenvalue weighted by molar-refractivity contribution is 14.1. The van der Waals surface area contributed by atoms with Gasteiger partial charge in [-0.05, 0) is 116 Å². The van der Waals surface area contributed by atoms with E-state index in [2.05, 4.69) is 49.2 Å². The van der Waals surface area contributed by atoms with Crippen LogP contribution in [0.2, 0.25) is 0 Å². The molecule has 1 heterocycles. The third-order valence-electron chi connectivity index (χ3n) is 16.0. The molecule has 1 unspecified atom stereocenters. The van der Waals surface area contributed by atoms with Gasteiger partial charge in [-0.2, -0.15) is 9.59 Å². The molecule has 2 aromatic carbocycles. The maximum atomic E-state index is 13.9. The summed E-state index contributed by atoms with van der Waals surface area (Å²) in [5.74, 6) is -9.80. The molecule has 4 amide bonds. The van der Waals surface area contributed by atoms with Gasteiger partial charge < -0.3 is 62.3 Å². The fraction of sp³-hybridized carbons (Fsp3) is 0.606. The summed E-state index contributed by atoms with van der Waals surface area (Å²) in [7, 11) is 0. The summed E-state index contributed by atoms with van der Waals surface area (Å²) in [6.45, 7) is 0.446. The number of carbonyl (C=O) groups is 12. The van der Waals surface area contributed by atoms with Gasteiger partial charge in [0.2, 0.25) is 11.8 Å². The average Bonchev–Trinajstić information content (AvgIpc) is 0.864. The van der Waals surface area contributed by atoms with Gasteiger partial charge in [-0.25, -0.2) is 14.4 Å². The Morgan fingerprint density at radius 3 is 1.51 bits per heavy atom. The largest absolute Gasteiger partial charge is 0.481 e. The number of nitrogens with one attached hydrogen (secondary N) is 5. The molecule has 0 bridgehead atoms. The lowest BCUT2D eigenvalue weighted by molar-refractivity contribution is -0.192. The molecule has 98 heavy (non-hydrogen) atoms. The molecular formula is C66H96IN9O21S. The Kier molecular flexibility index (Phi) is 44.4. The number of hydrogen-bond donors (Lipinski definition) is 12. The van der Waals surface area contributed by atoms with Crippen molar-refractivity contribution < 1.29 is 103 Å². The Bertz CT molecular complexity index is 2920. The van der Waals surface area contributed by atoms with Crippen molar-refractivity contribution in [3.63, 3.8) is 0 Å². The first-order valence-electron chi connectivity index (χ1n) is 32.8. The van der Waals surface area contributed by atoms with E-state index in [0.29, 0.717) is 75.9 Å². The molecule has 30 nitrogen and oxygen atoms in total. The van der Waals surface area contributed by atoms with Gasteiger partial charge in [-0.3, -0.25) is 62.8 Å². The lowest BCUT2D eigenvalue weighted by Crippen LogP contribution is -2.53. The molecule has 0 aromatic heterocycles. The number of halogens is 1. The van der Waals surface area contributed by atoms with Crippen molar-refractivity contribution in [1.82, 2.24) is 46.2 Å². The van der Waals surface area contributed by atoms with Crippen LogP contribution in [0.3, 0.4) is 0 Å². The zero-order valence-electron chi connectivity index (χ0n) is 55.3. The highest BCUT2D eigenvalue weighted by Crippen LogP contribution is 2.20. The third-order valence-corrected chi connectivity index (χ3v) is 17.0. The van der Waals surface area contributed by atoms with Crippen molar-refractivity contribution >= 4 is 117 Å². The first-order chi connectivity index (χ1) is 46.7. The number of Topliss-reactive ketones (excluding diaryl/α,β-unsaturated/α-hetero) is 2. The molecule has 0 radical (unpaired) electrons. The van der Waals surface area contributed by atoms with Crippen LogP contribution < -0.4 is 26.6 Å². The van der Waals surface area contributed by atoms with Crippen LogP contribution in [0.4, 0.5) is 4.79 Å². The van der Waals surface area contributed by atoms with Gasteiger partial charge in [0.15, 0.2) is 0 Å². The van der Waals surface area contributed by atoms with Crippen molar-refractivity contribution in [1.29, 1.82) is 0 Å². The van der Waals surface area contributed by atoms with E-state index < -0.39 is 84.3 Å². The van der Waals surface area contributed by atoms with E-state index in [1.165, 1.54) is 0 Å². The Balaban J connectivity index is 0.0000107. The second kappa shape index (κ2) is 50.5. The van der Waals surface area contributed by atoms with Crippen LogP contribution in [0.15, 0.2) is 48.5 Å². The fourth-order valence-corrected chi connectivity index (χ4v) is 11.5. The van der Waals surface area contributed by atoms with Crippen LogP contribution >= 0.6 is 34.8 Å². The molecule has 3 rings (SSSR count). The molecule has 544 valence electrons. The molecule has 1 saturated heterocycles. The summed E-state index contributed by atoms with van der Waals surface area (Å²) in [4.78, 5) is 170. The number of nitrogens with zero attached hydrogens (tertiary/aromatic N) is 4. The van der Waals surface area contributed by atoms with Crippen molar-refractivity contribution in [2.45, 2.75) is 159 Å². The molecule has 4 atom stereocenters. The third kappa shape index (κ3) is 42.0. The van der Waals surface area contributed by atoms with Crippen LogP contribution in [0.25, 0.3) is 0 Å². The van der Waals surface area contributed by atoms with Gasteiger partial charge in [0.25, 0.3) is 0 Å². The number of aliphatic carboxylic acids is 7. The minimum Gasteiger partial charge on any atom is -0.481 e. The predicted molar refractivity (Wildman–Crippen MR) is 367 cm³/mol. The Hall–Kier alpha value is -7.88. The smallest absolute Gasteiger partial charge is 0.373 e. The molecule has 1 fully saturated rings. The second-order valence-electron chi connectivity index (χ2n) is 24.1. The van der Waals surface area contributed by atoms with Gasteiger partial charge in [0, 0.05) is 120 Å². The highest BCUT2D eigenvalue weighted by atomic mass is 127. The molecule has 0 aliphatic carbocycles. The Morgan fingerprint density at radius 1 is 0.480 bits per heavy atom. The number of rotatable bonds is 47. The van der Waals surface area contributed by atoms with E-state index in [1.807, 2.05) is 48.5 Å². The number of carboxylic acid groups (broad SMARTS) is 7. The minimum atomic E-state index is -1.30. The molecule has 12 N–H and O–H groups in total. The second-order valence-corrected chi connectivity index (χ2v) is 25.8. The van der Waals surface area contributed by atoms with E-state index >= 15 is 0 Å². The summed E-state index contributed by atoms with van der Waals surface area (Å²) in [6.07, 6.45) is 7.73. The lowest BCUT2D eigenvalue weighted by atomic mass is 9.92. The maximum absolute atomic E-state index is 13.9. The van der Waals surface area contributed by atoms with Crippen molar-refractivity contribution in [2.24, 2.45) is 5.92 Å². The number of carboxylic acids is 7. The standard InChI is InChI=1S/C65H96IN9O19S.CO2/c66-49-23-21-46(22-24-49)37-55(78)67-27-10-8-15-53(63(90)91)70-62(89)48(39-52(77)14-6-4-2-1-3-5-13-51(76)25-26-54(64(92)93)71-65(94)69-29-11-16-57(79)80)12-7-9-28-68-56(95)38-47-19-17-45(18-20-47)36-50-40-74(43-60(85)86)33-32-72(41-58(81)82)30-31-73(42-59(83)84)34-35-75(50)44-61(87)88;2-1-3/h17-24,48,50,53-54H,1-16,25-44H2,(H,67,78)(H,68,95)(H,70,89)(H,79,80)(H,81,82)(H,83,84)(H,85,86)(H,87,88)(H,90,91)(H,92,93)(H2,69,71,94);/t48-,50?,53+,54+;/m1./s1. The van der Waals surface area contributed by atoms with Crippen LogP contribution in [0.5, 0.6) is 0 Å². The monoisotopic (exact) mass is 1510 g/mol. The number of thiocarbonyl (C=S) groups is 1. The summed E-state index contributed by atoms with van der Waals surface area (Å²) >= 11 is 7.89. The van der Waals surface area contributed by atoms with Crippen molar-refractivity contribution in [3.8, 4) is 0 Å². The number of urea groups is 1. The Morgan fingerprint density at radius 2 is 0.949 bits per heavy atom. The molecule has 0 saturated carbocycles. The van der Waals surface area contributed by atoms with E-state index in [1.54, 1.807) is 19.6 Å². The molecule has 32 heteroatoms. The lowest BCUT2D eigenvalue weighted by Gasteiger charge is -2.37. The number of ketones is 2. The number of benzene rings is 2. The maximum Gasteiger partial charge on any atom is 0.373 e. The van der Waals surface area contributed by atoms with Gasteiger partial charge >= 0.3 is 54.0 Å². The van der Waals surface area contributed by atoms with Crippen LogP contribution in [0, 0.1) is 9.49 Å². The number of unbranched alkanes of at least 4 members (excludes halogenated alkanes) is 7. The first kappa shape index (κ1) is 86.2. The van der Waals surface area contributed by atoms with E-state index in [4.69, 9.17) is 26.9 Å². The SMILES string of the molecule is O=C(O)CCCNC(=O)N[C@@H](CCC(=O)CCCCCCCCC(=O)C[C@@H](CCCCNC(=S)Cc1ccc(CC2CN(CC(=O)O)CCN(CC(=O)O)CCN(CC(=O)O)CCN2CC(=O)O)cc1)C(=O)N[C@@H](CCCCNC(=O)Cc1ccc(I)cc1)C(=O)O)C(=O)O.O=C=O. The summed E-state index contributed by atoms with van der Waals surface area (Å²) in [5, 5.41) is 80.9.